The second kappa shape index (κ2) is 10.9. The van der Waals surface area contributed by atoms with Crippen LogP contribution in [0.5, 0.6) is 0 Å². The van der Waals surface area contributed by atoms with Crippen LogP contribution in [0.15, 0.2) is 95.2 Å². The van der Waals surface area contributed by atoms with Crippen molar-refractivity contribution in [2.24, 2.45) is 0 Å². The molecular weight excluding hydrogens is 450 g/mol. The summed E-state index contributed by atoms with van der Waals surface area (Å²) >= 11 is 2.84. The van der Waals surface area contributed by atoms with Gasteiger partial charge < -0.3 is 10.6 Å². The highest BCUT2D eigenvalue weighted by Crippen LogP contribution is 2.28. The van der Waals surface area contributed by atoms with Crippen molar-refractivity contribution in [1.29, 1.82) is 0 Å². The first-order valence-corrected chi connectivity index (χ1v) is 12.2. The number of benzene rings is 3. The minimum Gasteiger partial charge on any atom is -0.326 e. The molecule has 4 rings (SSSR count). The van der Waals surface area contributed by atoms with Gasteiger partial charge in [0.25, 0.3) is 0 Å². The third kappa shape index (κ3) is 6.54. The zero-order valence-corrected chi connectivity index (χ0v) is 19.7. The van der Waals surface area contributed by atoms with Gasteiger partial charge in [0.05, 0.1) is 17.4 Å². The summed E-state index contributed by atoms with van der Waals surface area (Å²) in [6.07, 6.45) is 0.315. The van der Waals surface area contributed by atoms with Gasteiger partial charge in [-0.2, -0.15) is 0 Å². The summed E-state index contributed by atoms with van der Waals surface area (Å²) in [5.41, 5.74) is 3.53. The Hall–Kier alpha value is -3.42. The van der Waals surface area contributed by atoms with Crippen LogP contribution >= 0.6 is 23.1 Å². The van der Waals surface area contributed by atoms with Gasteiger partial charge in [-0.15, -0.1) is 23.1 Å². The Morgan fingerprint density at radius 1 is 0.939 bits per heavy atom. The van der Waals surface area contributed by atoms with Crippen molar-refractivity contribution in [3.8, 4) is 11.3 Å². The Kier molecular flexibility index (Phi) is 7.55. The molecule has 0 saturated carbocycles. The maximum atomic E-state index is 12.7. The van der Waals surface area contributed by atoms with E-state index in [0.29, 0.717) is 17.2 Å². The van der Waals surface area contributed by atoms with Gasteiger partial charge in [-0.25, -0.2) is 4.98 Å². The molecule has 0 spiro atoms. The molecular formula is C26H23N3O2S2. The molecule has 2 amide bonds. The summed E-state index contributed by atoms with van der Waals surface area (Å²) in [5.74, 6) is -0.195. The normalized spacial score (nSPS) is 11.5. The number of carbonyl (C=O) groups is 2. The number of anilines is 2. The molecule has 0 bridgehead atoms. The molecule has 1 heterocycles. The van der Waals surface area contributed by atoms with Crippen LogP contribution in [-0.2, 0) is 16.0 Å². The average molecular weight is 474 g/mol. The highest BCUT2D eigenvalue weighted by molar-refractivity contribution is 8.00. The van der Waals surface area contributed by atoms with E-state index in [1.807, 2.05) is 97.2 Å². The molecule has 3 aromatic carbocycles. The fourth-order valence-electron chi connectivity index (χ4n) is 3.17. The van der Waals surface area contributed by atoms with Crippen molar-refractivity contribution in [2.45, 2.75) is 23.5 Å². The molecule has 0 radical (unpaired) electrons. The predicted molar refractivity (Wildman–Crippen MR) is 137 cm³/mol. The van der Waals surface area contributed by atoms with Gasteiger partial charge in [0.15, 0.2) is 5.13 Å². The number of aromatic nitrogens is 1. The zero-order valence-electron chi connectivity index (χ0n) is 18.0. The number of amides is 2. The topological polar surface area (TPSA) is 71.1 Å². The minimum absolute atomic E-state index is 0.0767. The number of thiazole rings is 1. The summed E-state index contributed by atoms with van der Waals surface area (Å²) in [6.45, 7) is 1.85. The Balaban J connectivity index is 1.32. The van der Waals surface area contributed by atoms with Gasteiger partial charge in [0, 0.05) is 21.5 Å². The van der Waals surface area contributed by atoms with Crippen molar-refractivity contribution in [3.05, 3.63) is 95.9 Å². The highest BCUT2D eigenvalue weighted by Gasteiger charge is 2.17. The maximum absolute atomic E-state index is 12.7. The van der Waals surface area contributed by atoms with E-state index >= 15 is 0 Å². The molecule has 33 heavy (non-hydrogen) atoms. The van der Waals surface area contributed by atoms with Crippen LogP contribution in [0.4, 0.5) is 10.8 Å². The van der Waals surface area contributed by atoms with Crippen molar-refractivity contribution >= 4 is 45.7 Å². The molecule has 166 valence electrons. The fraction of sp³-hybridized carbons (Fsp3) is 0.115. The molecule has 7 heteroatoms. The molecule has 0 aliphatic rings. The van der Waals surface area contributed by atoms with Crippen LogP contribution in [0.2, 0.25) is 0 Å². The lowest BCUT2D eigenvalue weighted by Crippen LogP contribution is -2.22. The van der Waals surface area contributed by atoms with Gasteiger partial charge >= 0.3 is 0 Å². The third-order valence-corrected chi connectivity index (χ3v) is 6.66. The highest BCUT2D eigenvalue weighted by atomic mass is 32.2. The maximum Gasteiger partial charge on any atom is 0.239 e. The molecule has 0 aliphatic heterocycles. The minimum atomic E-state index is -0.329. The first-order chi connectivity index (χ1) is 16.1. The van der Waals surface area contributed by atoms with Gasteiger partial charge in [-0.1, -0.05) is 66.7 Å². The molecule has 1 aromatic heterocycles. The van der Waals surface area contributed by atoms with Crippen LogP contribution in [0.3, 0.4) is 0 Å². The van der Waals surface area contributed by atoms with Crippen LogP contribution < -0.4 is 10.6 Å². The van der Waals surface area contributed by atoms with E-state index in [0.717, 1.165) is 21.7 Å². The predicted octanol–water partition coefficient (Wildman–Crippen LogP) is 6.11. The SMILES string of the molecule is CC(Sc1cccc(NC(=O)Cc2ccccc2)c1)C(=O)Nc1nc(-c2ccccc2)cs1. The quantitative estimate of drug-likeness (QED) is 0.303. The van der Waals surface area contributed by atoms with E-state index in [4.69, 9.17) is 0 Å². The standard InChI is InChI=1S/C26H23N3O2S2/c1-18(25(31)29-26-28-23(17-32-26)20-11-6-3-7-12-20)33-22-14-8-13-21(16-22)27-24(30)15-19-9-4-2-5-10-19/h2-14,16-18H,15H2,1H3,(H,27,30)(H,28,29,31). The van der Waals surface area contributed by atoms with Crippen LogP contribution in [0, 0.1) is 0 Å². The molecule has 5 nitrogen and oxygen atoms in total. The smallest absolute Gasteiger partial charge is 0.239 e. The molecule has 0 fully saturated rings. The largest absolute Gasteiger partial charge is 0.326 e. The van der Waals surface area contributed by atoms with Crippen LogP contribution in [-0.4, -0.2) is 22.0 Å². The number of carbonyl (C=O) groups excluding carboxylic acids is 2. The average Bonchev–Trinajstić information content (AvgIpc) is 3.29. The summed E-state index contributed by atoms with van der Waals surface area (Å²) in [4.78, 5) is 30.5. The number of thioether (sulfide) groups is 1. The van der Waals surface area contributed by atoms with Crippen LogP contribution in [0.1, 0.15) is 12.5 Å². The fourth-order valence-corrected chi connectivity index (χ4v) is 4.82. The lowest BCUT2D eigenvalue weighted by Gasteiger charge is -2.12. The van der Waals surface area contributed by atoms with Gasteiger partial charge in [-0.05, 0) is 30.7 Å². The molecule has 1 unspecified atom stereocenters. The Labute approximate surface area is 201 Å². The van der Waals surface area contributed by atoms with E-state index in [1.165, 1.54) is 23.1 Å². The Morgan fingerprint density at radius 2 is 1.67 bits per heavy atom. The second-order valence-corrected chi connectivity index (χ2v) is 9.66. The number of hydrogen-bond acceptors (Lipinski definition) is 5. The van der Waals surface area contributed by atoms with E-state index in [9.17, 15) is 9.59 Å². The number of nitrogens with one attached hydrogen (secondary N) is 2. The second-order valence-electron chi connectivity index (χ2n) is 7.39. The van der Waals surface area contributed by atoms with Crippen LogP contribution in [0.25, 0.3) is 11.3 Å². The molecule has 0 aliphatic carbocycles. The lowest BCUT2D eigenvalue weighted by molar-refractivity contribution is -0.116. The first kappa shape index (κ1) is 22.8. The molecule has 4 aromatic rings. The van der Waals surface area contributed by atoms with E-state index in [2.05, 4.69) is 15.6 Å². The van der Waals surface area contributed by atoms with Crippen molar-refractivity contribution in [1.82, 2.24) is 4.98 Å². The zero-order chi connectivity index (χ0) is 23.0. The summed E-state index contributed by atoms with van der Waals surface area (Å²) < 4.78 is 0. The van der Waals surface area contributed by atoms with Crippen molar-refractivity contribution in [3.63, 3.8) is 0 Å². The number of hydrogen-bond donors (Lipinski definition) is 2. The summed E-state index contributed by atoms with van der Waals surface area (Å²) in [6, 6.07) is 27.0. The van der Waals surface area contributed by atoms with Gasteiger partial charge in [0.2, 0.25) is 11.8 Å². The van der Waals surface area contributed by atoms with Crippen molar-refractivity contribution in [2.75, 3.05) is 10.6 Å². The van der Waals surface area contributed by atoms with E-state index in [1.54, 1.807) is 0 Å². The van der Waals surface area contributed by atoms with Gasteiger partial charge in [0.1, 0.15) is 0 Å². The summed E-state index contributed by atoms with van der Waals surface area (Å²) in [7, 11) is 0. The van der Waals surface area contributed by atoms with Crippen molar-refractivity contribution < 1.29 is 9.59 Å². The Morgan fingerprint density at radius 3 is 2.42 bits per heavy atom. The Bertz CT molecular complexity index is 1230. The van der Waals surface area contributed by atoms with E-state index < -0.39 is 0 Å². The monoisotopic (exact) mass is 473 g/mol. The molecule has 1 atom stereocenters. The first-order valence-electron chi connectivity index (χ1n) is 10.5. The summed E-state index contributed by atoms with van der Waals surface area (Å²) in [5, 5.41) is 8.02. The van der Waals surface area contributed by atoms with E-state index in [-0.39, 0.29) is 17.1 Å². The lowest BCUT2D eigenvalue weighted by atomic mass is 10.1. The third-order valence-electron chi connectivity index (χ3n) is 4.81. The molecule has 0 saturated heterocycles. The number of rotatable bonds is 8. The molecule has 2 N–H and O–H groups in total. The van der Waals surface area contributed by atoms with Gasteiger partial charge in [-0.3, -0.25) is 9.59 Å². The number of nitrogens with zero attached hydrogens (tertiary/aromatic N) is 1.